The molecule has 1 rings (SSSR count). The number of hydrogen-bond acceptors (Lipinski definition) is 3. The van der Waals surface area contributed by atoms with Crippen molar-refractivity contribution in [2.75, 3.05) is 7.11 Å². The molecule has 1 aromatic heterocycles. The van der Waals surface area contributed by atoms with Gasteiger partial charge in [-0.2, -0.15) is 0 Å². The van der Waals surface area contributed by atoms with E-state index >= 15 is 0 Å². The number of methoxy groups -OCH3 is 1. The molecule has 0 aliphatic rings. The molecule has 64 valence electrons. The van der Waals surface area contributed by atoms with Crippen LogP contribution in [0.5, 0.6) is 0 Å². The summed E-state index contributed by atoms with van der Waals surface area (Å²) in [6.07, 6.45) is 1.32. The number of carbonyl (C=O) groups excluding carboxylic acids is 1. The predicted octanol–water partition coefficient (Wildman–Crippen LogP) is 1.77. The number of carbonyl (C=O) groups is 1. The van der Waals surface area contributed by atoms with Crippen LogP contribution in [-0.4, -0.2) is 18.1 Å². The Balaban J connectivity index is 3.16. The molecule has 0 spiro atoms. The van der Waals surface area contributed by atoms with Gasteiger partial charge in [-0.05, 0) is 22.0 Å². The Labute approximate surface area is 76.7 Å². The van der Waals surface area contributed by atoms with Gasteiger partial charge in [-0.25, -0.2) is 14.2 Å². The van der Waals surface area contributed by atoms with Gasteiger partial charge < -0.3 is 4.74 Å². The first-order chi connectivity index (χ1) is 5.66. The van der Waals surface area contributed by atoms with Crippen molar-refractivity contribution in [3.63, 3.8) is 0 Å². The SMILES string of the molecule is COC(=O)c1nccc(Br)c1F. The van der Waals surface area contributed by atoms with Crippen molar-refractivity contribution >= 4 is 21.9 Å². The van der Waals surface area contributed by atoms with Gasteiger partial charge in [0.15, 0.2) is 11.5 Å². The van der Waals surface area contributed by atoms with Gasteiger partial charge in [-0.1, -0.05) is 0 Å². The standard InChI is InChI=1S/C7H5BrFNO2/c1-12-7(11)6-5(9)4(8)2-3-10-6/h2-3H,1H3. The molecular formula is C7H5BrFNO2. The molecule has 1 aromatic rings. The molecule has 0 N–H and O–H groups in total. The van der Waals surface area contributed by atoms with Crippen molar-refractivity contribution in [3.05, 3.63) is 28.2 Å². The fourth-order valence-electron chi connectivity index (χ4n) is 0.659. The van der Waals surface area contributed by atoms with Crippen LogP contribution in [0.4, 0.5) is 4.39 Å². The molecule has 12 heavy (non-hydrogen) atoms. The van der Waals surface area contributed by atoms with Gasteiger partial charge in [0.25, 0.3) is 0 Å². The van der Waals surface area contributed by atoms with Crippen LogP contribution in [0.15, 0.2) is 16.7 Å². The fraction of sp³-hybridized carbons (Fsp3) is 0.143. The van der Waals surface area contributed by atoms with E-state index in [2.05, 4.69) is 25.7 Å². The minimum atomic E-state index is -0.784. The first-order valence-electron chi connectivity index (χ1n) is 3.05. The lowest BCUT2D eigenvalue weighted by Crippen LogP contribution is -2.07. The summed E-state index contributed by atoms with van der Waals surface area (Å²) in [5.74, 6) is -1.49. The lowest BCUT2D eigenvalue weighted by atomic mass is 10.3. The lowest BCUT2D eigenvalue weighted by molar-refractivity contribution is 0.0588. The first-order valence-corrected chi connectivity index (χ1v) is 3.84. The molecule has 0 aliphatic carbocycles. The maximum atomic E-state index is 13.0. The first kappa shape index (κ1) is 9.12. The van der Waals surface area contributed by atoms with E-state index in [1.54, 1.807) is 0 Å². The van der Waals surface area contributed by atoms with Gasteiger partial charge in [0, 0.05) is 6.20 Å². The van der Waals surface area contributed by atoms with Gasteiger partial charge in [0.2, 0.25) is 0 Å². The molecule has 3 nitrogen and oxygen atoms in total. The fourth-order valence-corrected chi connectivity index (χ4v) is 0.965. The maximum absolute atomic E-state index is 13.0. The monoisotopic (exact) mass is 233 g/mol. The Bertz CT molecular complexity index is 316. The summed E-state index contributed by atoms with van der Waals surface area (Å²) >= 11 is 2.92. The second kappa shape index (κ2) is 3.62. The lowest BCUT2D eigenvalue weighted by Gasteiger charge is -1.99. The number of rotatable bonds is 1. The van der Waals surface area contributed by atoms with Gasteiger partial charge in [0.05, 0.1) is 11.6 Å². The zero-order valence-electron chi connectivity index (χ0n) is 6.17. The summed E-state index contributed by atoms with van der Waals surface area (Å²) in [6.45, 7) is 0. The Morgan fingerprint density at radius 1 is 1.75 bits per heavy atom. The molecule has 5 heteroatoms. The van der Waals surface area contributed by atoms with Crippen LogP contribution in [0.25, 0.3) is 0 Å². The van der Waals surface area contributed by atoms with Crippen molar-refractivity contribution < 1.29 is 13.9 Å². The molecule has 0 saturated heterocycles. The third-order valence-corrected chi connectivity index (χ3v) is 1.83. The van der Waals surface area contributed by atoms with E-state index in [4.69, 9.17) is 0 Å². The molecule has 0 atom stereocenters. The van der Waals surface area contributed by atoms with E-state index in [0.717, 1.165) is 0 Å². The number of hydrogen-bond donors (Lipinski definition) is 0. The molecule has 0 amide bonds. The number of esters is 1. The molecule has 0 bridgehead atoms. The Kier molecular flexibility index (Phi) is 2.75. The van der Waals surface area contributed by atoms with E-state index in [1.807, 2.05) is 0 Å². The highest BCUT2D eigenvalue weighted by molar-refractivity contribution is 9.10. The number of pyridine rings is 1. The van der Waals surface area contributed by atoms with E-state index in [-0.39, 0.29) is 10.2 Å². The highest BCUT2D eigenvalue weighted by Gasteiger charge is 2.15. The maximum Gasteiger partial charge on any atom is 0.359 e. The summed E-state index contributed by atoms with van der Waals surface area (Å²) in [5, 5.41) is 0. The molecule has 0 fully saturated rings. The summed E-state index contributed by atoms with van der Waals surface area (Å²) < 4.78 is 17.5. The van der Waals surface area contributed by atoms with E-state index in [9.17, 15) is 9.18 Å². The summed E-state index contributed by atoms with van der Waals surface area (Å²) in [6, 6.07) is 1.40. The van der Waals surface area contributed by atoms with Gasteiger partial charge >= 0.3 is 5.97 Å². The van der Waals surface area contributed by atoms with Crippen LogP contribution in [0.2, 0.25) is 0 Å². The highest BCUT2D eigenvalue weighted by atomic mass is 79.9. The second-order valence-corrected chi connectivity index (χ2v) is 2.80. The zero-order chi connectivity index (χ0) is 9.14. The molecule has 0 saturated carbocycles. The smallest absolute Gasteiger partial charge is 0.359 e. The van der Waals surface area contributed by atoms with Crippen molar-refractivity contribution in [2.24, 2.45) is 0 Å². The predicted molar refractivity (Wildman–Crippen MR) is 43.2 cm³/mol. The van der Waals surface area contributed by atoms with Crippen LogP contribution < -0.4 is 0 Å². The van der Waals surface area contributed by atoms with E-state index in [1.165, 1.54) is 19.4 Å². The topological polar surface area (TPSA) is 39.2 Å². The number of ether oxygens (including phenoxy) is 1. The minimum absolute atomic E-state index is 0.193. The molecular weight excluding hydrogens is 229 g/mol. The normalized spacial score (nSPS) is 9.58. The van der Waals surface area contributed by atoms with Crippen LogP contribution in [0.3, 0.4) is 0 Å². The largest absolute Gasteiger partial charge is 0.464 e. The van der Waals surface area contributed by atoms with Crippen molar-refractivity contribution in [2.45, 2.75) is 0 Å². The van der Waals surface area contributed by atoms with Gasteiger partial charge in [-0.15, -0.1) is 0 Å². The second-order valence-electron chi connectivity index (χ2n) is 1.95. The number of nitrogens with zero attached hydrogens (tertiary/aromatic N) is 1. The summed E-state index contributed by atoms with van der Waals surface area (Å²) in [7, 11) is 1.17. The third-order valence-electron chi connectivity index (χ3n) is 1.22. The van der Waals surface area contributed by atoms with Crippen LogP contribution in [0.1, 0.15) is 10.5 Å². The van der Waals surface area contributed by atoms with Crippen LogP contribution in [0, 0.1) is 5.82 Å². The number of aromatic nitrogens is 1. The summed E-state index contributed by atoms with van der Waals surface area (Å²) in [4.78, 5) is 14.4. The minimum Gasteiger partial charge on any atom is -0.464 e. The molecule has 0 unspecified atom stereocenters. The van der Waals surface area contributed by atoms with Crippen molar-refractivity contribution in [1.29, 1.82) is 0 Å². The van der Waals surface area contributed by atoms with E-state index < -0.39 is 11.8 Å². The molecule has 0 radical (unpaired) electrons. The molecule has 0 aliphatic heterocycles. The molecule has 1 heterocycles. The average molecular weight is 234 g/mol. The average Bonchev–Trinajstić information content (AvgIpc) is 2.08. The van der Waals surface area contributed by atoms with Crippen molar-refractivity contribution in [1.82, 2.24) is 4.98 Å². The Hall–Kier alpha value is -0.970. The van der Waals surface area contributed by atoms with Gasteiger partial charge in [0.1, 0.15) is 0 Å². The van der Waals surface area contributed by atoms with Crippen molar-refractivity contribution in [3.8, 4) is 0 Å². The van der Waals surface area contributed by atoms with Crippen LogP contribution in [-0.2, 0) is 4.74 Å². The Morgan fingerprint density at radius 2 is 2.42 bits per heavy atom. The Morgan fingerprint density at radius 3 is 3.00 bits per heavy atom. The quantitative estimate of drug-likeness (QED) is 0.695. The van der Waals surface area contributed by atoms with Crippen LogP contribution >= 0.6 is 15.9 Å². The highest BCUT2D eigenvalue weighted by Crippen LogP contribution is 2.16. The molecule has 0 aromatic carbocycles. The summed E-state index contributed by atoms with van der Waals surface area (Å²) in [5.41, 5.74) is -0.313. The van der Waals surface area contributed by atoms with E-state index in [0.29, 0.717) is 0 Å². The van der Waals surface area contributed by atoms with Gasteiger partial charge in [-0.3, -0.25) is 0 Å². The zero-order valence-corrected chi connectivity index (χ0v) is 7.76. The number of halogens is 2. The third kappa shape index (κ3) is 1.61.